The van der Waals surface area contributed by atoms with E-state index in [1.54, 1.807) is 60.7 Å². The average Bonchev–Trinajstić information content (AvgIpc) is 3.38. The first kappa shape index (κ1) is 24.8. The second-order valence-electron chi connectivity index (χ2n) is 8.70. The Morgan fingerprint density at radius 1 is 0.816 bits per heavy atom. The zero-order chi connectivity index (χ0) is 27.0. The smallest absolute Gasteiger partial charge is 0.280 e. The van der Waals surface area contributed by atoms with Gasteiger partial charge in [-0.2, -0.15) is 0 Å². The van der Waals surface area contributed by atoms with E-state index in [0.29, 0.717) is 11.4 Å². The molecule has 0 N–H and O–H groups in total. The first-order chi connectivity index (χ1) is 18.3. The lowest BCUT2D eigenvalue weighted by Crippen LogP contribution is -2.57. The van der Waals surface area contributed by atoms with Crippen LogP contribution >= 0.6 is 12.2 Å². The minimum atomic E-state index is -0.602. The van der Waals surface area contributed by atoms with Gasteiger partial charge in [-0.05, 0) is 85.7 Å². The van der Waals surface area contributed by atoms with Crippen molar-refractivity contribution in [2.24, 2.45) is 0 Å². The van der Waals surface area contributed by atoms with E-state index in [1.807, 2.05) is 32.0 Å². The molecule has 1 saturated heterocycles. The lowest BCUT2D eigenvalue weighted by Gasteiger charge is -2.36. The molecule has 0 unspecified atom stereocenters. The van der Waals surface area contributed by atoms with Crippen LogP contribution in [0.3, 0.4) is 0 Å². The van der Waals surface area contributed by atoms with Crippen LogP contribution in [0.5, 0.6) is 0 Å². The van der Waals surface area contributed by atoms with Gasteiger partial charge in [-0.1, -0.05) is 36.4 Å². The molecule has 5 rings (SSSR count). The fourth-order valence-electron chi connectivity index (χ4n) is 4.19. The highest BCUT2D eigenvalue weighted by Crippen LogP contribution is 2.34. The van der Waals surface area contributed by atoms with Gasteiger partial charge >= 0.3 is 0 Å². The maximum atomic E-state index is 13.7. The molecule has 0 aliphatic carbocycles. The number of amides is 2. The fourth-order valence-corrected chi connectivity index (χ4v) is 4.56. The fraction of sp³-hybridized carbons (Fsp3) is 0.0690. The molecule has 4 aromatic rings. The number of nitro groups is 1. The van der Waals surface area contributed by atoms with Crippen LogP contribution in [0.1, 0.15) is 16.9 Å². The zero-order valence-electron chi connectivity index (χ0n) is 20.5. The van der Waals surface area contributed by atoms with Crippen LogP contribution < -0.4 is 9.80 Å². The monoisotopic (exact) mass is 523 g/mol. The Morgan fingerprint density at radius 2 is 1.47 bits per heavy atom. The summed E-state index contributed by atoms with van der Waals surface area (Å²) < 4.78 is 5.85. The van der Waals surface area contributed by atoms with Gasteiger partial charge < -0.3 is 4.42 Å². The van der Waals surface area contributed by atoms with Crippen LogP contribution in [-0.2, 0) is 9.59 Å². The number of hydrogen-bond acceptors (Lipinski definition) is 6. The number of furan rings is 1. The summed E-state index contributed by atoms with van der Waals surface area (Å²) in [6, 6.07) is 23.6. The van der Waals surface area contributed by atoms with Gasteiger partial charge in [-0.3, -0.25) is 29.5 Å². The number of anilines is 2. The van der Waals surface area contributed by atoms with Crippen molar-refractivity contribution in [1.82, 2.24) is 0 Å². The van der Waals surface area contributed by atoms with Crippen LogP contribution in [0.2, 0.25) is 0 Å². The number of nitro benzene ring substituents is 1. The first-order valence-electron chi connectivity index (χ1n) is 11.7. The van der Waals surface area contributed by atoms with Gasteiger partial charge in [0.15, 0.2) is 5.11 Å². The van der Waals surface area contributed by atoms with E-state index in [1.165, 1.54) is 21.9 Å². The Balaban J connectivity index is 1.61. The third kappa shape index (κ3) is 4.39. The number of nitrogens with zero attached hydrogens (tertiary/aromatic N) is 3. The summed E-state index contributed by atoms with van der Waals surface area (Å²) in [7, 11) is 0. The standard InChI is InChI=1S/C29H21N3O5S/c1-18-12-13-21(16-19(18)2)31-28(34)24(27(33)30(29(31)38)20-8-4-3-5-9-20)17-22-14-15-26(37-22)23-10-6-7-11-25(23)32(35)36/h3-17H,1-2H3/b24-17+. The number of hydrogen-bond donors (Lipinski definition) is 0. The van der Waals surface area contributed by atoms with Crippen molar-refractivity contribution < 1.29 is 18.9 Å². The molecular weight excluding hydrogens is 502 g/mol. The predicted octanol–water partition coefficient (Wildman–Crippen LogP) is 6.22. The predicted molar refractivity (Wildman–Crippen MR) is 149 cm³/mol. The summed E-state index contributed by atoms with van der Waals surface area (Å²) in [5.74, 6) is -0.772. The molecule has 1 fully saturated rings. The van der Waals surface area contributed by atoms with Crippen LogP contribution in [0.15, 0.2) is 94.9 Å². The molecule has 8 nitrogen and oxygen atoms in total. The average molecular weight is 524 g/mol. The maximum absolute atomic E-state index is 13.7. The molecule has 1 aromatic heterocycles. The highest BCUT2D eigenvalue weighted by atomic mass is 32.1. The zero-order valence-corrected chi connectivity index (χ0v) is 21.3. The Hall–Kier alpha value is -4.89. The molecule has 0 saturated carbocycles. The number of rotatable bonds is 5. The number of benzene rings is 3. The second-order valence-corrected chi connectivity index (χ2v) is 9.07. The normalized spacial score (nSPS) is 14.9. The molecule has 9 heteroatoms. The summed E-state index contributed by atoms with van der Waals surface area (Å²) in [6.07, 6.45) is 1.34. The molecule has 0 radical (unpaired) electrons. The molecule has 0 spiro atoms. The van der Waals surface area contributed by atoms with Gasteiger partial charge in [0, 0.05) is 6.07 Å². The third-order valence-corrected chi connectivity index (χ3v) is 6.66. The van der Waals surface area contributed by atoms with Gasteiger partial charge in [0.25, 0.3) is 17.5 Å². The minimum absolute atomic E-state index is 0.0339. The Morgan fingerprint density at radius 3 is 2.16 bits per heavy atom. The van der Waals surface area contributed by atoms with Crippen molar-refractivity contribution in [2.75, 3.05) is 9.80 Å². The van der Waals surface area contributed by atoms with E-state index in [2.05, 4.69) is 0 Å². The molecule has 38 heavy (non-hydrogen) atoms. The number of para-hydroxylation sites is 2. The Kier molecular flexibility index (Phi) is 6.44. The van der Waals surface area contributed by atoms with Crippen molar-refractivity contribution in [3.63, 3.8) is 0 Å². The summed E-state index contributed by atoms with van der Waals surface area (Å²) in [4.78, 5) is 41.0. The summed E-state index contributed by atoms with van der Waals surface area (Å²) in [5.41, 5.74) is 3.06. The first-order valence-corrected chi connectivity index (χ1v) is 12.1. The van der Waals surface area contributed by atoms with E-state index in [9.17, 15) is 19.7 Å². The SMILES string of the molecule is Cc1ccc(N2C(=O)/C(=C/c3ccc(-c4ccccc4[N+](=O)[O-])o3)C(=O)N(c3ccccc3)C2=S)cc1C. The molecule has 3 aromatic carbocycles. The molecular formula is C29H21N3O5S. The highest BCUT2D eigenvalue weighted by Gasteiger charge is 2.41. The van der Waals surface area contributed by atoms with Crippen LogP contribution in [0.4, 0.5) is 17.1 Å². The molecule has 1 aliphatic rings. The van der Waals surface area contributed by atoms with Crippen molar-refractivity contribution in [2.45, 2.75) is 13.8 Å². The molecule has 0 atom stereocenters. The molecule has 0 bridgehead atoms. The van der Waals surface area contributed by atoms with E-state index < -0.39 is 16.7 Å². The van der Waals surface area contributed by atoms with Gasteiger partial charge in [0.2, 0.25) is 0 Å². The quantitative estimate of drug-likeness (QED) is 0.101. The van der Waals surface area contributed by atoms with Crippen LogP contribution in [0.25, 0.3) is 17.4 Å². The van der Waals surface area contributed by atoms with Gasteiger partial charge in [-0.15, -0.1) is 0 Å². The highest BCUT2D eigenvalue weighted by molar-refractivity contribution is 7.81. The lowest BCUT2D eigenvalue weighted by atomic mass is 10.1. The summed E-state index contributed by atoms with van der Waals surface area (Å²) >= 11 is 5.66. The number of thiocarbonyl (C=S) groups is 1. The van der Waals surface area contributed by atoms with E-state index in [-0.39, 0.29) is 33.5 Å². The summed E-state index contributed by atoms with van der Waals surface area (Å²) in [5, 5.41) is 11.5. The van der Waals surface area contributed by atoms with Crippen molar-refractivity contribution in [3.8, 4) is 11.3 Å². The van der Waals surface area contributed by atoms with Gasteiger partial charge in [0.05, 0.1) is 21.9 Å². The van der Waals surface area contributed by atoms with Crippen LogP contribution in [0, 0.1) is 24.0 Å². The minimum Gasteiger partial charge on any atom is -0.456 e. The molecule has 188 valence electrons. The Bertz CT molecular complexity index is 1640. The maximum Gasteiger partial charge on any atom is 0.280 e. The van der Waals surface area contributed by atoms with Crippen molar-refractivity contribution in [1.29, 1.82) is 0 Å². The Labute approximate surface area is 223 Å². The third-order valence-electron chi connectivity index (χ3n) is 6.29. The van der Waals surface area contributed by atoms with Crippen molar-refractivity contribution >= 4 is 52.3 Å². The largest absolute Gasteiger partial charge is 0.456 e. The topological polar surface area (TPSA) is 96.9 Å². The molecule has 2 heterocycles. The lowest BCUT2D eigenvalue weighted by molar-refractivity contribution is -0.384. The van der Waals surface area contributed by atoms with E-state index >= 15 is 0 Å². The molecule has 2 amide bonds. The van der Waals surface area contributed by atoms with E-state index in [0.717, 1.165) is 11.1 Å². The van der Waals surface area contributed by atoms with Gasteiger partial charge in [-0.25, -0.2) is 0 Å². The van der Waals surface area contributed by atoms with Gasteiger partial charge in [0.1, 0.15) is 17.1 Å². The van der Waals surface area contributed by atoms with Crippen molar-refractivity contribution in [3.05, 3.63) is 118 Å². The van der Waals surface area contributed by atoms with Crippen LogP contribution in [-0.4, -0.2) is 21.9 Å². The van der Waals surface area contributed by atoms with E-state index in [4.69, 9.17) is 16.6 Å². The molecule has 1 aliphatic heterocycles. The second kappa shape index (κ2) is 9.87. The summed E-state index contributed by atoms with van der Waals surface area (Å²) in [6.45, 7) is 3.90. The number of carbonyl (C=O) groups is 2. The number of carbonyl (C=O) groups excluding carboxylic acids is 2. The number of aryl methyl sites for hydroxylation is 2.